The molecule has 3 heterocycles. The topological polar surface area (TPSA) is 41.6 Å². The molecule has 4 nitrogen and oxygen atoms in total. The summed E-state index contributed by atoms with van der Waals surface area (Å²) < 4.78 is 19.2. The van der Waals surface area contributed by atoms with Crippen LogP contribution in [0.2, 0.25) is 0 Å². The van der Waals surface area contributed by atoms with E-state index in [4.69, 9.17) is 4.74 Å². The molecule has 2 fully saturated rings. The van der Waals surface area contributed by atoms with Crippen molar-refractivity contribution in [2.75, 3.05) is 19.7 Å². The van der Waals surface area contributed by atoms with Gasteiger partial charge in [-0.1, -0.05) is 18.2 Å². The van der Waals surface area contributed by atoms with Gasteiger partial charge in [-0.15, -0.1) is 11.3 Å². The second-order valence-corrected chi connectivity index (χ2v) is 7.35. The van der Waals surface area contributed by atoms with Crippen molar-refractivity contribution < 1.29 is 13.9 Å². The predicted molar refractivity (Wildman–Crippen MR) is 90.4 cm³/mol. The van der Waals surface area contributed by atoms with Gasteiger partial charge in [-0.2, -0.15) is 0 Å². The van der Waals surface area contributed by atoms with Gasteiger partial charge in [0.15, 0.2) is 0 Å². The molecule has 4 rings (SSSR count). The van der Waals surface area contributed by atoms with Crippen LogP contribution in [0.5, 0.6) is 0 Å². The quantitative estimate of drug-likeness (QED) is 0.928. The van der Waals surface area contributed by atoms with E-state index >= 15 is 0 Å². The number of nitrogens with zero attached hydrogens (tertiary/aromatic N) is 1. The standard InChI is InChI=1S/C18H19FN2O2S/c19-13-5-3-12(4-6-13)15-10-21(9-14-2-1-7-24-14)16-8-20-17(22)11-23-18(15)16/h1-7,15-16,18H,8-11H2,(H,20,22)/t15-,16-,18-/m1/s1. The van der Waals surface area contributed by atoms with Crippen molar-refractivity contribution in [1.29, 1.82) is 0 Å². The fraction of sp³-hybridized carbons (Fsp3) is 0.389. The van der Waals surface area contributed by atoms with Crippen molar-refractivity contribution in [1.82, 2.24) is 10.2 Å². The summed E-state index contributed by atoms with van der Waals surface area (Å²) in [6, 6.07) is 11.0. The molecule has 0 radical (unpaired) electrons. The number of nitrogens with one attached hydrogen (secondary N) is 1. The van der Waals surface area contributed by atoms with Gasteiger partial charge in [0.1, 0.15) is 12.4 Å². The summed E-state index contributed by atoms with van der Waals surface area (Å²) in [5.41, 5.74) is 1.06. The lowest BCUT2D eigenvalue weighted by atomic mass is 9.93. The molecule has 0 saturated carbocycles. The van der Waals surface area contributed by atoms with E-state index in [9.17, 15) is 9.18 Å². The van der Waals surface area contributed by atoms with Crippen LogP contribution in [0.4, 0.5) is 4.39 Å². The van der Waals surface area contributed by atoms with Crippen LogP contribution in [-0.2, 0) is 16.1 Å². The van der Waals surface area contributed by atoms with Crippen LogP contribution in [-0.4, -0.2) is 42.6 Å². The van der Waals surface area contributed by atoms with Crippen LogP contribution in [0.1, 0.15) is 16.4 Å². The number of likely N-dealkylation sites (tertiary alicyclic amines) is 1. The zero-order valence-corrected chi connectivity index (χ0v) is 14.0. The lowest BCUT2D eigenvalue weighted by molar-refractivity contribution is -0.125. The summed E-state index contributed by atoms with van der Waals surface area (Å²) >= 11 is 1.73. The summed E-state index contributed by atoms with van der Waals surface area (Å²) in [6.45, 7) is 2.36. The molecule has 2 saturated heterocycles. The second-order valence-electron chi connectivity index (χ2n) is 6.31. The van der Waals surface area contributed by atoms with E-state index in [2.05, 4.69) is 27.7 Å². The fourth-order valence-corrected chi connectivity index (χ4v) is 4.40. The number of halogens is 1. The summed E-state index contributed by atoms with van der Waals surface area (Å²) in [7, 11) is 0. The largest absolute Gasteiger partial charge is 0.366 e. The van der Waals surface area contributed by atoms with Gasteiger partial charge < -0.3 is 10.1 Å². The van der Waals surface area contributed by atoms with Crippen LogP contribution in [0, 0.1) is 5.82 Å². The molecule has 0 bridgehead atoms. The number of hydrogen-bond donors (Lipinski definition) is 1. The van der Waals surface area contributed by atoms with E-state index in [1.807, 2.05) is 12.1 Å². The van der Waals surface area contributed by atoms with E-state index in [0.29, 0.717) is 6.54 Å². The van der Waals surface area contributed by atoms with Gasteiger partial charge in [-0.05, 0) is 29.1 Å². The van der Waals surface area contributed by atoms with E-state index < -0.39 is 0 Å². The Morgan fingerprint density at radius 2 is 2.12 bits per heavy atom. The van der Waals surface area contributed by atoms with Gasteiger partial charge in [-0.3, -0.25) is 9.69 Å². The molecular weight excluding hydrogens is 327 g/mol. The first-order chi connectivity index (χ1) is 11.7. The third kappa shape index (κ3) is 3.09. The minimum Gasteiger partial charge on any atom is -0.366 e. The number of benzene rings is 1. The smallest absolute Gasteiger partial charge is 0.246 e. The average Bonchev–Trinajstić information content (AvgIpc) is 3.15. The first-order valence-corrected chi connectivity index (χ1v) is 8.99. The average molecular weight is 346 g/mol. The maximum atomic E-state index is 13.3. The Kier molecular flexibility index (Phi) is 4.35. The summed E-state index contributed by atoms with van der Waals surface area (Å²) in [5.74, 6) is -0.163. The first kappa shape index (κ1) is 15.7. The number of fused-ring (bicyclic) bond motifs is 1. The van der Waals surface area contributed by atoms with Gasteiger partial charge in [0, 0.05) is 30.4 Å². The SMILES string of the molecule is O=C1CO[C@@H]2[C@@H](c3ccc(F)cc3)CN(Cc3cccs3)[C@@H]2CN1. The number of carbonyl (C=O) groups is 1. The molecular formula is C18H19FN2O2S. The summed E-state index contributed by atoms with van der Waals surface area (Å²) in [5, 5.41) is 5.02. The highest BCUT2D eigenvalue weighted by Crippen LogP contribution is 2.36. The van der Waals surface area contributed by atoms with E-state index in [1.54, 1.807) is 11.3 Å². The fourth-order valence-electron chi connectivity index (χ4n) is 3.67. The number of ether oxygens (including phenoxy) is 1. The molecule has 1 N–H and O–H groups in total. The number of carbonyl (C=O) groups excluding carboxylic acids is 1. The Hall–Kier alpha value is -1.76. The molecule has 1 amide bonds. The van der Waals surface area contributed by atoms with Crippen LogP contribution in [0.15, 0.2) is 41.8 Å². The lowest BCUT2D eigenvalue weighted by Gasteiger charge is -2.25. The van der Waals surface area contributed by atoms with Crippen molar-refractivity contribution in [3.8, 4) is 0 Å². The molecule has 0 unspecified atom stereocenters. The lowest BCUT2D eigenvalue weighted by Crippen LogP contribution is -2.42. The van der Waals surface area contributed by atoms with Gasteiger partial charge in [0.2, 0.25) is 5.91 Å². The van der Waals surface area contributed by atoms with Gasteiger partial charge in [0.05, 0.1) is 12.1 Å². The summed E-state index contributed by atoms with van der Waals surface area (Å²) in [6.07, 6.45) is -0.0608. The van der Waals surface area contributed by atoms with Gasteiger partial charge >= 0.3 is 0 Å². The van der Waals surface area contributed by atoms with Crippen molar-refractivity contribution in [3.63, 3.8) is 0 Å². The molecule has 2 aliphatic heterocycles. The molecule has 2 aliphatic rings. The van der Waals surface area contributed by atoms with Gasteiger partial charge in [-0.25, -0.2) is 4.39 Å². The van der Waals surface area contributed by atoms with E-state index in [1.165, 1.54) is 17.0 Å². The first-order valence-electron chi connectivity index (χ1n) is 8.11. The molecule has 2 aromatic rings. The Labute approximate surface area is 144 Å². The third-order valence-corrected chi connectivity index (χ3v) is 5.69. The van der Waals surface area contributed by atoms with E-state index in [0.717, 1.165) is 18.7 Å². The number of thiophene rings is 1. The molecule has 24 heavy (non-hydrogen) atoms. The van der Waals surface area contributed by atoms with Gasteiger partial charge in [0.25, 0.3) is 0 Å². The second kappa shape index (κ2) is 6.63. The van der Waals surface area contributed by atoms with Crippen molar-refractivity contribution in [2.45, 2.75) is 24.6 Å². The van der Waals surface area contributed by atoms with Crippen LogP contribution in [0.3, 0.4) is 0 Å². The maximum Gasteiger partial charge on any atom is 0.246 e. The normalized spacial score (nSPS) is 27.5. The molecule has 1 aromatic carbocycles. The van der Waals surface area contributed by atoms with E-state index in [-0.39, 0.29) is 36.4 Å². The third-order valence-electron chi connectivity index (χ3n) is 4.83. The van der Waals surface area contributed by atoms with Crippen LogP contribution >= 0.6 is 11.3 Å². The zero-order chi connectivity index (χ0) is 16.5. The molecule has 0 spiro atoms. The summed E-state index contributed by atoms with van der Waals surface area (Å²) in [4.78, 5) is 15.4. The Bertz CT molecular complexity index is 704. The number of hydrogen-bond acceptors (Lipinski definition) is 4. The highest BCUT2D eigenvalue weighted by atomic mass is 32.1. The zero-order valence-electron chi connectivity index (χ0n) is 13.2. The predicted octanol–water partition coefficient (Wildman–Crippen LogP) is 2.37. The molecule has 3 atom stereocenters. The Balaban J connectivity index is 1.61. The Morgan fingerprint density at radius 3 is 2.88 bits per heavy atom. The molecule has 126 valence electrons. The minimum atomic E-state index is -0.234. The van der Waals surface area contributed by atoms with Crippen molar-refractivity contribution >= 4 is 17.2 Å². The highest BCUT2D eigenvalue weighted by molar-refractivity contribution is 7.09. The molecule has 6 heteroatoms. The molecule has 0 aliphatic carbocycles. The molecule has 1 aromatic heterocycles. The van der Waals surface area contributed by atoms with Crippen molar-refractivity contribution in [3.05, 3.63) is 58.0 Å². The highest BCUT2D eigenvalue weighted by Gasteiger charge is 2.44. The monoisotopic (exact) mass is 346 g/mol. The Morgan fingerprint density at radius 1 is 1.29 bits per heavy atom. The van der Waals surface area contributed by atoms with Crippen LogP contribution < -0.4 is 5.32 Å². The number of rotatable bonds is 3. The minimum absolute atomic E-state index is 0.0608. The number of amides is 1. The van der Waals surface area contributed by atoms with Crippen LogP contribution in [0.25, 0.3) is 0 Å². The maximum absolute atomic E-state index is 13.3. The van der Waals surface area contributed by atoms with Crippen molar-refractivity contribution in [2.24, 2.45) is 0 Å².